The van der Waals surface area contributed by atoms with Gasteiger partial charge < -0.3 is 10.5 Å². The number of aryl methyl sites for hydroxylation is 1. The number of nitrogens with two attached hydrogens (primary N) is 1. The molecule has 1 heterocycles. The minimum Gasteiger partial charge on any atom is -0.485 e. The first-order valence-corrected chi connectivity index (χ1v) is 11.0. The molecule has 1 amide bonds. The molecule has 1 aliphatic rings. The van der Waals surface area contributed by atoms with Crippen molar-refractivity contribution < 1.29 is 22.7 Å². The summed E-state index contributed by atoms with van der Waals surface area (Å²) in [5.41, 5.74) is 6.96. The van der Waals surface area contributed by atoms with Crippen molar-refractivity contribution >= 4 is 21.7 Å². The van der Waals surface area contributed by atoms with Gasteiger partial charge in [-0.3, -0.25) is 9.59 Å². The maximum atomic E-state index is 12.7. The summed E-state index contributed by atoms with van der Waals surface area (Å²) in [6, 6.07) is 11.2. The molecule has 0 aliphatic carbocycles. The van der Waals surface area contributed by atoms with Crippen LogP contribution in [-0.4, -0.2) is 44.1 Å². The Morgan fingerprint density at radius 1 is 1.07 bits per heavy atom. The lowest BCUT2D eigenvalue weighted by Gasteiger charge is -2.17. The molecule has 1 aliphatic heterocycles. The van der Waals surface area contributed by atoms with Crippen molar-refractivity contribution in [2.75, 3.05) is 19.7 Å². The molecule has 0 saturated carbocycles. The van der Waals surface area contributed by atoms with Crippen LogP contribution in [0.2, 0.25) is 0 Å². The van der Waals surface area contributed by atoms with Crippen molar-refractivity contribution in [3.8, 4) is 5.75 Å². The van der Waals surface area contributed by atoms with Gasteiger partial charge in [-0.15, -0.1) is 0 Å². The molecule has 8 heteroatoms. The molecule has 0 bridgehead atoms. The minimum atomic E-state index is -3.69. The third kappa shape index (κ3) is 4.65. The van der Waals surface area contributed by atoms with Gasteiger partial charge in [-0.25, -0.2) is 8.42 Å². The predicted molar refractivity (Wildman–Crippen MR) is 109 cm³/mol. The molecule has 0 unspecified atom stereocenters. The maximum absolute atomic E-state index is 12.7. The molecular weight excluding hydrogens is 392 g/mol. The first-order valence-electron chi connectivity index (χ1n) is 9.52. The summed E-state index contributed by atoms with van der Waals surface area (Å²) >= 11 is 0. The fourth-order valence-electron chi connectivity index (χ4n) is 3.22. The Kier molecular flexibility index (Phi) is 6.34. The highest BCUT2D eigenvalue weighted by Gasteiger charge is 2.28. The van der Waals surface area contributed by atoms with Crippen molar-refractivity contribution in [1.82, 2.24) is 4.31 Å². The summed E-state index contributed by atoms with van der Waals surface area (Å²) in [5.74, 6) is -0.994. The van der Waals surface area contributed by atoms with Crippen molar-refractivity contribution in [2.24, 2.45) is 5.73 Å². The first kappa shape index (κ1) is 21.0. The average molecular weight is 416 g/mol. The van der Waals surface area contributed by atoms with Gasteiger partial charge in [0.1, 0.15) is 5.75 Å². The van der Waals surface area contributed by atoms with Gasteiger partial charge in [0.05, 0.1) is 10.5 Å². The van der Waals surface area contributed by atoms with Crippen LogP contribution in [0.1, 0.15) is 46.0 Å². The van der Waals surface area contributed by atoms with Crippen LogP contribution in [0.5, 0.6) is 5.75 Å². The minimum absolute atomic E-state index is 0.0120. The monoisotopic (exact) mass is 416 g/mol. The largest absolute Gasteiger partial charge is 0.485 e. The average Bonchev–Trinajstić information content (AvgIpc) is 3.27. The van der Waals surface area contributed by atoms with E-state index in [0.717, 1.165) is 24.8 Å². The van der Waals surface area contributed by atoms with Crippen LogP contribution in [0.4, 0.5) is 0 Å². The van der Waals surface area contributed by atoms with E-state index in [9.17, 15) is 18.0 Å². The fraction of sp³-hybridized carbons (Fsp3) is 0.333. The lowest BCUT2D eigenvalue weighted by Crippen LogP contribution is -2.28. The molecule has 2 aromatic rings. The smallest absolute Gasteiger partial charge is 0.252 e. The summed E-state index contributed by atoms with van der Waals surface area (Å²) in [6.07, 6.45) is 2.49. The second-order valence-electron chi connectivity index (χ2n) is 6.90. The molecule has 3 rings (SSSR count). The second-order valence-corrected chi connectivity index (χ2v) is 8.83. The Balaban J connectivity index is 1.78. The highest BCUT2D eigenvalue weighted by Crippen LogP contribution is 2.26. The summed E-state index contributed by atoms with van der Waals surface area (Å²) < 4.78 is 32.3. The number of ketones is 1. The number of rotatable bonds is 8. The van der Waals surface area contributed by atoms with Gasteiger partial charge in [0.2, 0.25) is 10.0 Å². The topological polar surface area (TPSA) is 107 Å². The van der Waals surface area contributed by atoms with Gasteiger partial charge in [0.25, 0.3) is 5.91 Å². The van der Waals surface area contributed by atoms with Crippen LogP contribution in [0.15, 0.2) is 47.4 Å². The van der Waals surface area contributed by atoms with E-state index in [0.29, 0.717) is 18.7 Å². The molecule has 154 valence electrons. The van der Waals surface area contributed by atoms with Gasteiger partial charge in [0.15, 0.2) is 12.4 Å². The van der Waals surface area contributed by atoms with Crippen LogP contribution in [0.3, 0.4) is 0 Å². The molecule has 29 heavy (non-hydrogen) atoms. The fourth-order valence-corrected chi connectivity index (χ4v) is 4.76. The first-order chi connectivity index (χ1) is 13.8. The quantitative estimate of drug-likeness (QED) is 0.665. The van der Waals surface area contributed by atoms with Gasteiger partial charge >= 0.3 is 0 Å². The molecule has 1 fully saturated rings. The molecule has 0 spiro atoms. The molecule has 2 N–H and O–H groups in total. The van der Waals surface area contributed by atoms with E-state index in [4.69, 9.17) is 10.5 Å². The zero-order valence-corrected chi connectivity index (χ0v) is 17.1. The Labute approximate surface area is 170 Å². The van der Waals surface area contributed by atoms with E-state index in [1.807, 2.05) is 19.1 Å². The van der Waals surface area contributed by atoms with E-state index < -0.39 is 15.9 Å². The number of carbonyl (C=O) groups excluding carboxylic acids is 2. The number of benzene rings is 2. The normalized spacial score (nSPS) is 14.7. The number of amides is 1. The van der Waals surface area contributed by atoms with Gasteiger partial charge in [0, 0.05) is 18.7 Å². The van der Waals surface area contributed by atoms with Crippen molar-refractivity contribution in [3.63, 3.8) is 0 Å². The number of ether oxygens (including phenoxy) is 1. The van der Waals surface area contributed by atoms with E-state index >= 15 is 0 Å². The maximum Gasteiger partial charge on any atom is 0.252 e. The Bertz CT molecular complexity index is 1010. The number of nitrogens with zero attached hydrogens (tertiary/aromatic N) is 1. The van der Waals surface area contributed by atoms with E-state index in [2.05, 4.69) is 0 Å². The second kappa shape index (κ2) is 8.75. The summed E-state index contributed by atoms with van der Waals surface area (Å²) in [6.45, 7) is 2.65. The highest BCUT2D eigenvalue weighted by molar-refractivity contribution is 7.89. The number of Topliss-reactive ketones (excluding diaryl/α,β-unsaturated/α-hetero) is 1. The summed E-state index contributed by atoms with van der Waals surface area (Å²) in [4.78, 5) is 24.2. The number of hydrogen-bond acceptors (Lipinski definition) is 5. The summed E-state index contributed by atoms with van der Waals surface area (Å²) in [7, 11) is -3.69. The lowest BCUT2D eigenvalue weighted by molar-refractivity contribution is 0.0912. The molecule has 2 aromatic carbocycles. The van der Waals surface area contributed by atoms with Gasteiger partial charge in [-0.2, -0.15) is 4.31 Å². The molecule has 0 radical (unpaired) electrons. The number of sulfonamides is 1. The SMILES string of the molecule is CCc1ccc(C(=O)COc2ccc(S(=O)(=O)N3CCCC3)cc2C(N)=O)cc1. The highest BCUT2D eigenvalue weighted by atomic mass is 32.2. The summed E-state index contributed by atoms with van der Waals surface area (Å²) in [5, 5.41) is 0. The third-order valence-electron chi connectivity index (χ3n) is 4.96. The number of carbonyl (C=O) groups is 2. The van der Waals surface area contributed by atoms with E-state index in [-0.39, 0.29) is 28.6 Å². The van der Waals surface area contributed by atoms with E-state index in [1.165, 1.54) is 22.5 Å². The third-order valence-corrected chi connectivity index (χ3v) is 6.86. The Morgan fingerprint density at radius 2 is 1.72 bits per heavy atom. The van der Waals surface area contributed by atoms with Crippen LogP contribution in [0.25, 0.3) is 0 Å². The van der Waals surface area contributed by atoms with Crippen LogP contribution >= 0.6 is 0 Å². The zero-order valence-electron chi connectivity index (χ0n) is 16.3. The van der Waals surface area contributed by atoms with Crippen molar-refractivity contribution in [1.29, 1.82) is 0 Å². The Morgan fingerprint density at radius 3 is 2.31 bits per heavy atom. The molecule has 7 nitrogen and oxygen atoms in total. The molecular formula is C21H24N2O5S. The molecule has 0 atom stereocenters. The standard InChI is InChI=1S/C21H24N2O5S/c1-2-15-5-7-16(8-6-15)19(24)14-28-20-10-9-17(13-18(20)21(22)25)29(26,27)23-11-3-4-12-23/h5-10,13H,2-4,11-12,14H2,1H3,(H2,22,25). The van der Waals surface area contributed by atoms with Crippen LogP contribution in [0, 0.1) is 0 Å². The van der Waals surface area contributed by atoms with E-state index in [1.54, 1.807) is 12.1 Å². The molecule has 1 saturated heterocycles. The van der Waals surface area contributed by atoms with Gasteiger partial charge in [-0.1, -0.05) is 31.2 Å². The van der Waals surface area contributed by atoms with Gasteiger partial charge in [-0.05, 0) is 43.0 Å². The number of primary amides is 1. The zero-order chi connectivity index (χ0) is 21.0. The predicted octanol–water partition coefficient (Wildman–Crippen LogP) is 2.39. The molecule has 0 aromatic heterocycles. The van der Waals surface area contributed by atoms with Crippen LogP contribution < -0.4 is 10.5 Å². The van der Waals surface area contributed by atoms with Crippen molar-refractivity contribution in [3.05, 3.63) is 59.2 Å². The lowest BCUT2D eigenvalue weighted by atomic mass is 10.1. The number of hydrogen-bond donors (Lipinski definition) is 1. The Hall–Kier alpha value is -2.71. The van der Waals surface area contributed by atoms with Crippen LogP contribution in [-0.2, 0) is 16.4 Å². The van der Waals surface area contributed by atoms with Crippen molar-refractivity contribution in [2.45, 2.75) is 31.1 Å².